The summed E-state index contributed by atoms with van der Waals surface area (Å²) in [6.07, 6.45) is 4.67. The Bertz CT molecular complexity index is 1060. The van der Waals surface area contributed by atoms with Crippen molar-refractivity contribution in [3.05, 3.63) is 47.7 Å². The molecule has 0 bridgehead atoms. The van der Waals surface area contributed by atoms with Crippen LogP contribution in [0.15, 0.2) is 35.3 Å². The molecule has 0 radical (unpaired) electrons. The number of hydrogen-bond acceptors (Lipinski definition) is 3. The lowest BCUT2D eigenvalue weighted by Gasteiger charge is -2.17. The molecular weight excluding hydrogens is 457 g/mol. The fourth-order valence-electron chi connectivity index (χ4n) is 3.26. The van der Waals surface area contributed by atoms with E-state index in [1.165, 1.54) is 12.1 Å². The van der Waals surface area contributed by atoms with Crippen molar-refractivity contribution in [1.82, 2.24) is 9.55 Å². The van der Waals surface area contributed by atoms with Crippen LogP contribution in [0, 0.1) is 17.3 Å². The van der Waals surface area contributed by atoms with Crippen LogP contribution in [0.1, 0.15) is 31.8 Å². The van der Waals surface area contributed by atoms with E-state index in [2.05, 4.69) is 60.3 Å². The number of nitrogens with zero attached hydrogens (tertiary/aromatic N) is 3. The van der Waals surface area contributed by atoms with Gasteiger partial charge in [-0.1, -0.05) is 53.1 Å². The van der Waals surface area contributed by atoms with Crippen LogP contribution < -0.4 is 0 Å². The fraction of sp³-hybridized carbons (Fsp3) is 0.481. The predicted molar refractivity (Wildman–Crippen MR) is 149 cm³/mol. The molecule has 1 aromatic heterocycles. The van der Waals surface area contributed by atoms with E-state index in [9.17, 15) is 4.39 Å². The molecule has 0 aliphatic carbocycles. The van der Waals surface area contributed by atoms with Gasteiger partial charge in [0.2, 0.25) is 0 Å². The third kappa shape index (κ3) is 8.50. The maximum Gasteiger partial charge on any atom is 0.187 e. The van der Waals surface area contributed by atoms with Crippen LogP contribution in [0.2, 0.25) is 45.3 Å². The Morgan fingerprint density at radius 1 is 1.06 bits per heavy atom. The Kier molecular flexibility index (Phi) is 10.2. The first kappa shape index (κ1) is 28.0. The summed E-state index contributed by atoms with van der Waals surface area (Å²) in [6.45, 7) is 19.5. The van der Waals surface area contributed by atoms with Gasteiger partial charge in [0.05, 0.1) is 11.4 Å². The van der Waals surface area contributed by atoms with Crippen molar-refractivity contribution in [1.29, 1.82) is 0 Å². The second-order valence-corrected chi connectivity index (χ2v) is 20.8. The van der Waals surface area contributed by atoms with E-state index in [0.29, 0.717) is 19.2 Å². The molecule has 4 nitrogen and oxygen atoms in total. The van der Waals surface area contributed by atoms with Gasteiger partial charge in [0.1, 0.15) is 20.6 Å². The van der Waals surface area contributed by atoms with E-state index < -0.39 is 16.1 Å². The molecule has 2 heterocycles. The largest absolute Gasteiger partial charge is 0.361 e. The summed E-state index contributed by atoms with van der Waals surface area (Å²) < 4.78 is 21.9. The number of aliphatic imine (C=N–C) groups is 1. The van der Waals surface area contributed by atoms with Crippen LogP contribution in [0.4, 0.5) is 4.39 Å². The van der Waals surface area contributed by atoms with Gasteiger partial charge in [-0.25, -0.2) is 9.37 Å². The Labute approximate surface area is 207 Å². The van der Waals surface area contributed by atoms with Crippen molar-refractivity contribution >= 4 is 27.9 Å². The Morgan fingerprint density at radius 3 is 2.29 bits per heavy atom. The molecule has 0 saturated heterocycles. The number of dihydropyridines is 1. The number of halogens is 1. The molecule has 34 heavy (non-hydrogen) atoms. The van der Waals surface area contributed by atoms with Crippen molar-refractivity contribution < 1.29 is 9.13 Å². The van der Waals surface area contributed by atoms with Crippen molar-refractivity contribution in [2.75, 3.05) is 13.2 Å². The average Bonchev–Trinajstić information content (AvgIpc) is 3.15. The zero-order valence-corrected chi connectivity index (χ0v) is 24.1. The second-order valence-electron chi connectivity index (χ2n) is 10.4. The summed E-state index contributed by atoms with van der Waals surface area (Å²) in [5.74, 6) is 3.80. The number of imidazole rings is 1. The molecule has 0 spiro atoms. The van der Waals surface area contributed by atoms with Gasteiger partial charge in [0.15, 0.2) is 5.82 Å². The molecule has 0 saturated carbocycles. The number of ether oxygens (including phenoxy) is 1. The topological polar surface area (TPSA) is 39.4 Å². The van der Waals surface area contributed by atoms with Crippen molar-refractivity contribution in [2.45, 2.75) is 72.3 Å². The molecule has 1 aliphatic rings. The van der Waals surface area contributed by atoms with E-state index >= 15 is 0 Å². The highest BCUT2D eigenvalue weighted by atomic mass is 28.3. The van der Waals surface area contributed by atoms with Crippen LogP contribution in [-0.2, 0) is 11.5 Å². The normalized spacial score (nSPS) is 13.5. The molecular formula is C27H40FN3OSi2. The van der Waals surface area contributed by atoms with Gasteiger partial charge in [0.25, 0.3) is 0 Å². The van der Waals surface area contributed by atoms with E-state index in [1.54, 1.807) is 0 Å². The van der Waals surface area contributed by atoms with Crippen molar-refractivity contribution in [3.63, 3.8) is 0 Å². The first-order valence-electron chi connectivity index (χ1n) is 12.2. The maximum atomic E-state index is 13.7. The molecule has 1 aromatic carbocycles. The second kappa shape index (κ2) is 12.4. The molecule has 0 amide bonds. The summed E-state index contributed by atoms with van der Waals surface area (Å²) in [4.78, 5) is 9.30. The average molecular weight is 498 g/mol. The van der Waals surface area contributed by atoms with E-state index in [-0.39, 0.29) is 5.82 Å². The first-order valence-corrected chi connectivity index (χ1v) is 19.4. The summed E-state index contributed by atoms with van der Waals surface area (Å²) in [5, 5.41) is 0. The third-order valence-electron chi connectivity index (χ3n) is 5.05. The molecule has 2 aromatic rings. The van der Waals surface area contributed by atoms with Crippen LogP contribution in [0.5, 0.6) is 0 Å². The summed E-state index contributed by atoms with van der Waals surface area (Å²) in [7, 11) is -2.79. The van der Waals surface area contributed by atoms with Gasteiger partial charge in [0, 0.05) is 33.0 Å². The highest BCUT2D eigenvalue weighted by Gasteiger charge is 2.22. The number of rotatable bonds is 7. The van der Waals surface area contributed by atoms with Gasteiger partial charge in [-0.15, -0.1) is 5.54 Å². The number of allylic oxidation sites excluding steroid dienone is 1. The lowest BCUT2D eigenvalue weighted by Crippen LogP contribution is -2.22. The lowest BCUT2D eigenvalue weighted by molar-refractivity contribution is 0.0876. The smallest absolute Gasteiger partial charge is 0.187 e. The van der Waals surface area contributed by atoms with Gasteiger partial charge >= 0.3 is 0 Å². The SMILES string of the molecule is CC.C[Si](C)(C)C#Cc1nc(C2=CC=NCC2)c(-c2ccc(F)cc2)n1COCC[Si](C)(C)C. The van der Waals surface area contributed by atoms with Crippen molar-refractivity contribution in [3.8, 4) is 22.7 Å². The van der Waals surface area contributed by atoms with Gasteiger partial charge in [-0.3, -0.25) is 9.56 Å². The molecule has 184 valence electrons. The molecule has 1 aliphatic heterocycles. The van der Waals surface area contributed by atoms with Gasteiger partial charge < -0.3 is 4.74 Å². The third-order valence-corrected chi connectivity index (χ3v) is 7.63. The number of aromatic nitrogens is 2. The predicted octanol–water partition coefficient (Wildman–Crippen LogP) is 7.11. The van der Waals surface area contributed by atoms with E-state index in [4.69, 9.17) is 9.72 Å². The van der Waals surface area contributed by atoms with E-state index in [0.717, 1.165) is 41.5 Å². The molecule has 7 heteroatoms. The van der Waals surface area contributed by atoms with Crippen LogP contribution in [-0.4, -0.2) is 45.1 Å². The minimum absolute atomic E-state index is 0.254. The van der Waals surface area contributed by atoms with Gasteiger partial charge in [-0.2, -0.15) is 0 Å². The van der Waals surface area contributed by atoms with Gasteiger partial charge in [-0.05, 0) is 54.3 Å². The standard InChI is InChI=1S/C25H34FN3OSi2.C2H6/c1-31(2,3)17-13-23-28-24(20-11-14-27-15-12-20)25(21-7-9-22(26)10-8-21)29(23)19-30-16-18-32(4,5)6;1-2/h7-11,14H,12,15-16,18-19H2,1-6H3;1-2H3. The van der Waals surface area contributed by atoms with Crippen molar-refractivity contribution in [2.24, 2.45) is 4.99 Å². The molecule has 0 atom stereocenters. The highest BCUT2D eigenvalue weighted by molar-refractivity contribution is 6.83. The van der Waals surface area contributed by atoms with Crippen LogP contribution in [0.25, 0.3) is 16.8 Å². The maximum absolute atomic E-state index is 13.7. The number of benzene rings is 1. The molecule has 0 unspecified atom stereocenters. The Morgan fingerprint density at radius 2 is 1.74 bits per heavy atom. The minimum Gasteiger partial charge on any atom is -0.361 e. The Hall–Kier alpha value is -2.28. The van der Waals surface area contributed by atoms with Crippen LogP contribution in [0.3, 0.4) is 0 Å². The zero-order valence-electron chi connectivity index (χ0n) is 22.1. The summed E-state index contributed by atoms with van der Waals surface area (Å²) in [5.41, 5.74) is 7.29. The highest BCUT2D eigenvalue weighted by Crippen LogP contribution is 2.32. The fourth-order valence-corrected chi connectivity index (χ4v) is 4.50. The first-order chi connectivity index (χ1) is 16.0. The zero-order chi connectivity index (χ0) is 25.4. The Balaban J connectivity index is 0.00000199. The quantitative estimate of drug-likeness (QED) is 0.232. The monoisotopic (exact) mass is 497 g/mol. The molecule has 0 N–H and O–H groups in total. The number of hydrogen-bond donors (Lipinski definition) is 0. The van der Waals surface area contributed by atoms with E-state index in [1.807, 2.05) is 38.3 Å². The van der Waals surface area contributed by atoms with Crippen LogP contribution >= 0.6 is 0 Å². The lowest BCUT2D eigenvalue weighted by atomic mass is 10.0. The minimum atomic E-state index is -1.60. The summed E-state index contributed by atoms with van der Waals surface area (Å²) in [6, 6.07) is 7.69. The summed E-state index contributed by atoms with van der Waals surface area (Å²) >= 11 is 0. The molecule has 0 fully saturated rings. The molecule has 3 rings (SSSR count).